The summed E-state index contributed by atoms with van der Waals surface area (Å²) in [6.07, 6.45) is 6.26. The van der Waals surface area contributed by atoms with Gasteiger partial charge in [-0.15, -0.1) is 0 Å². The van der Waals surface area contributed by atoms with Crippen molar-refractivity contribution in [2.75, 3.05) is 18.8 Å². The van der Waals surface area contributed by atoms with Gasteiger partial charge in [0.1, 0.15) is 5.52 Å². The number of aryl methyl sites for hydroxylation is 1. The number of aromatic nitrogens is 5. The van der Waals surface area contributed by atoms with E-state index >= 15 is 0 Å². The Balaban J connectivity index is 1.56. The number of nitrogen functional groups attached to an aromatic ring is 1. The van der Waals surface area contributed by atoms with Crippen LogP contribution in [0, 0.1) is 0 Å². The molecule has 8 nitrogen and oxygen atoms in total. The second-order valence-corrected chi connectivity index (χ2v) is 7.41. The van der Waals surface area contributed by atoms with E-state index in [1.54, 1.807) is 6.20 Å². The zero-order chi connectivity index (χ0) is 19.8. The standard InChI is InChI=1S/C21H23N7O/c1-2-28-19-16(15-7-5-14(6-8-15)13-27-9-3-4-10-27)11-23-12-17(19)24-21(28)18-20(22)26-29-25-18/h5-8,11-12H,2-4,9-10,13H2,1H3,(H2,22,26). The topological polar surface area (TPSA) is 98.9 Å². The van der Waals surface area contributed by atoms with E-state index in [-0.39, 0.29) is 5.82 Å². The maximum Gasteiger partial charge on any atom is 0.199 e. The van der Waals surface area contributed by atoms with E-state index < -0.39 is 0 Å². The average molecular weight is 389 g/mol. The fourth-order valence-corrected chi connectivity index (χ4v) is 4.13. The van der Waals surface area contributed by atoms with E-state index in [1.165, 1.54) is 31.5 Å². The fraction of sp³-hybridized carbons (Fsp3) is 0.333. The minimum atomic E-state index is 0.232. The summed E-state index contributed by atoms with van der Waals surface area (Å²) < 4.78 is 6.86. The van der Waals surface area contributed by atoms with Crippen LogP contribution in [-0.2, 0) is 13.1 Å². The van der Waals surface area contributed by atoms with Crippen LogP contribution in [0.25, 0.3) is 33.7 Å². The Morgan fingerprint density at radius 1 is 1.07 bits per heavy atom. The van der Waals surface area contributed by atoms with E-state index in [2.05, 4.69) is 56.0 Å². The molecule has 2 N–H and O–H groups in total. The monoisotopic (exact) mass is 389 g/mol. The van der Waals surface area contributed by atoms with Crippen LogP contribution in [-0.4, -0.2) is 42.8 Å². The minimum Gasteiger partial charge on any atom is -0.379 e. The van der Waals surface area contributed by atoms with Crippen LogP contribution in [0.2, 0.25) is 0 Å². The molecule has 1 aliphatic heterocycles. The Morgan fingerprint density at radius 3 is 2.55 bits per heavy atom. The van der Waals surface area contributed by atoms with Crippen molar-refractivity contribution in [3.8, 4) is 22.6 Å². The van der Waals surface area contributed by atoms with Crippen LogP contribution in [0.3, 0.4) is 0 Å². The SMILES string of the molecule is CCn1c(-c2nonc2N)nc2cncc(-c3ccc(CN4CCCC4)cc3)c21. The molecule has 0 saturated carbocycles. The van der Waals surface area contributed by atoms with Gasteiger partial charge in [-0.3, -0.25) is 9.88 Å². The molecule has 5 rings (SSSR count). The van der Waals surface area contributed by atoms with Crippen molar-refractivity contribution in [2.45, 2.75) is 32.9 Å². The zero-order valence-electron chi connectivity index (χ0n) is 16.4. The van der Waals surface area contributed by atoms with Crippen molar-refractivity contribution in [3.05, 3.63) is 42.2 Å². The van der Waals surface area contributed by atoms with Gasteiger partial charge in [0.25, 0.3) is 0 Å². The molecule has 148 valence electrons. The molecule has 1 saturated heterocycles. The van der Waals surface area contributed by atoms with E-state index in [9.17, 15) is 0 Å². The summed E-state index contributed by atoms with van der Waals surface area (Å²) >= 11 is 0. The predicted octanol–water partition coefficient (Wildman–Crippen LogP) is 3.35. The molecule has 0 amide bonds. The molecule has 0 aliphatic carbocycles. The number of hydrogen-bond acceptors (Lipinski definition) is 7. The summed E-state index contributed by atoms with van der Waals surface area (Å²) in [6.45, 7) is 6.19. The molecule has 8 heteroatoms. The molecule has 0 radical (unpaired) electrons. The van der Waals surface area contributed by atoms with Gasteiger partial charge < -0.3 is 10.3 Å². The van der Waals surface area contributed by atoms with Gasteiger partial charge >= 0.3 is 0 Å². The lowest BCUT2D eigenvalue weighted by Crippen LogP contribution is -2.18. The molecule has 29 heavy (non-hydrogen) atoms. The fourth-order valence-electron chi connectivity index (χ4n) is 4.13. The Labute approximate surface area is 168 Å². The van der Waals surface area contributed by atoms with E-state index in [4.69, 9.17) is 15.3 Å². The number of benzene rings is 1. The van der Waals surface area contributed by atoms with Gasteiger partial charge in [0.2, 0.25) is 0 Å². The van der Waals surface area contributed by atoms with E-state index in [0.717, 1.165) is 28.7 Å². The number of imidazole rings is 1. The van der Waals surface area contributed by atoms with Gasteiger partial charge in [0, 0.05) is 24.8 Å². The third kappa shape index (κ3) is 3.15. The Bertz CT molecular complexity index is 1140. The molecule has 4 aromatic rings. The first-order chi connectivity index (χ1) is 14.2. The van der Waals surface area contributed by atoms with Crippen LogP contribution < -0.4 is 5.73 Å². The summed E-state index contributed by atoms with van der Waals surface area (Å²) in [5.41, 5.74) is 11.6. The van der Waals surface area contributed by atoms with E-state index in [0.29, 0.717) is 18.1 Å². The molecule has 0 bridgehead atoms. The predicted molar refractivity (Wildman–Crippen MR) is 111 cm³/mol. The molecular weight excluding hydrogens is 366 g/mol. The molecule has 1 fully saturated rings. The summed E-state index contributed by atoms with van der Waals surface area (Å²) in [5.74, 6) is 0.872. The van der Waals surface area contributed by atoms with Crippen molar-refractivity contribution in [1.29, 1.82) is 0 Å². The normalized spacial score (nSPS) is 14.8. The van der Waals surface area contributed by atoms with Crippen molar-refractivity contribution < 1.29 is 4.63 Å². The van der Waals surface area contributed by atoms with Gasteiger partial charge in [-0.2, -0.15) is 0 Å². The molecule has 1 aromatic carbocycles. The Morgan fingerprint density at radius 2 is 1.86 bits per heavy atom. The number of nitrogens with zero attached hydrogens (tertiary/aromatic N) is 6. The first-order valence-corrected chi connectivity index (χ1v) is 9.99. The number of pyridine rings is 1. The van der Waals surface area contributed by atoms with Gasteiger partial charge in [0.15, 0.2) is 17.3 Å². The number of fused-ring (bicyclic) bond motifs is 1. The number of rotatable bonds is 5. The molecule has 0 atom stereocenters. The lowest BCUT2D eigenvalue weighted by molar-refractivity contribution is 0.310. The van der Waals surface area contributed by atoms with Crippen LogP contribution in [0.5, 0.6) is 0 Å². The first-order valence-electron chi connectivity index (χ1n) is 9.99. The molecule has 4 heterocycles. The molecule has 1 aliphatic rings. The van der Waals surface area contributed by atoms with Crippen molar-refractivity contribution >= 4 is 16.9 Å². The maximum atomic E-state index is 5.91. The second-order valence-electron chi connectivity index (χ2n) is 7.41. The maximum absolute atomic E-state index is 5.91. The van der Waals surface area contributed by atoms with Crippen molar-refractivity contribution in [1.82, 2.24) is 29.7 Å². The Hall–Kier alpha value is -3.26. The van der Waals surface area contributed by atoms with Crippen LogP contribution in [0.4, 0.5) is 5.82 Å². The highest BCUT2D eigenvalue weighted by atomic mass is 16.6. The third-order valence-corrected chi connectivity index (χ3v) is 5.56. The largest absolute Gasteiger partial charge is 0.379 e. The third-order valence-electron chi connectivity index (χ3n) is 5.56. The van der Waals surface area contributed by atoms with Crippen molar-refractivity contribution in [2.24, 2.45) is 0 Å². The zero-order valence-corrected chi connectivity index (χ0v) is 16.4. The summed E-state index contributed by atoms with van der Waals surface area (Å²) in [6, 6.07) is 8.75. The average Bonchev–Trinajstić information content (AvgIpc) is 3.47. The lowest BCUT2D eigenvalue weighted by Gasteiger charge is -2.15. The van der Waals surface area contributed by atoms with E-state index in [1.807, 2.05) is 6.20 Å². The highest BCUT2D eigenvalue weighted by Gasteiger charge is 2.21. The van der Waals surface area contributed by atoms with Gasteiger partial charge in [-0.05, 0) is 54.3 Å². The van der Waals surface area contributed by atoms with Gasteiger partial charge in [0.05, 0.1) is 11.7 Å². The minimum absolute atomic E-state index is 0.232. The highest BCUT2D eigenvalue weighted by Crippen LogP contribution is 2.33. The number of hydrogen-bond donors (Lipinski definition) is 1. The molecule has 0 unspecified atom stereocenters. The van der Waals surface area contributed by atoms with Gasteiger partial charge in [-0.25, -0.2) is 9.61 Å². The highest BCUT2D eigenvalue weighted by molar-refractivity contribution is 5.93. The van der Waals surface area contributed by atoms with Crippen LogP contribution in [0.15, 0.2) is 41.3 Å². The number of nitrogens with two attached hydrogens (primary N) is 1. The van der Waals surface area contributed by atoms with Crippen molar-refractivity contribution in [3.63, 3.8) is 0 Å². The second kappa shape index (κ2) is 7.29. The van der Waals surface area contributed by atoms with Crippen LogP contribution in [0.1, 0.15) is 25.3 Å². The summed E-state index contributed by atoms with van der Waals surface area (Å²) in [7, 11) is 0. The molecule has 3 aromatic heterocycles. The quantitative estimate of drug-likeness (QED) is 0.559. The lowest BCUT2D eigenvalue weighted by atomic mass is 10.0. The molecular formula is C21H23N7O. The summed E-state index contributed by atoms with van der Waals surface area (Å²) in [4.78, 5) is 11.6. The molecule has 0 spiro atoms. The van der Waals surface area contributed by atoms with Crippen LogP contribution >= 0.6 is 0 Å². The smallest absolute Gasteiger partial charge is 0.199 e. The first kappa shape index (κ1) is 17.8. The number of likely N-dealkylation sites (tertiary alicyclic amines) is 1. The van der Waals surface area contributed by atoms with Gasteiger partial charge in [-0.1, -0.05) is 24.3 Å². The number of anilines is 1. The summed E-state index contributed by atoms with van der Waals surface area (Å²) in [5, 5.41) is 7.62. The Kier molecular flexibility index (Phi) is 4.48.